The maximum atomic E-state index is 13.0. The molecule has 2 aromatic rings. The minimum Gasteiger partial charge on any atom is -0.476 e. The quantitative estimate of drug-likeness (QED) is 0.695. The lowest BCUT2D eigenvalue weighted by Crippen LogP contribution is -2.02. The van der Waals surface area contributed by atoms with Gasteiger partial charge >= 0.3 is 5.97 Å². The molecule has 1 heterocycles. The zero-order chi connectivity index (χ0) is 11.0. The van der Waals surface area contributed by atoms with Crippen LogP contribution in [0.25, 0.3) is 10.8 Å². The molecular formula is C10H7FN2O2. The number of carbonyl (C=O) groups is 1. The van der Waals surface area contributed by atoms with Gasteiger partial charge in [0, 0.05) is 22.7 Å². The number of anilines is 1. The van der Waals surface area contributed by atoms with E-state index in [1.807, 2.05) is 0 Å². The number of fused-ring (bicyclic) bond motifs is 1. The van der Waals surface area contributed by atoms with Crippen molar-refractivity contribution in [3.05, 3.63) is 35.9 Å². The maximum Gasteiger partial charge on any atom is 0.355 e. The Morgan fingerprint density at radius 3 is 2.80 bits per heavy atom. The predicted molar refractivity (Wildman–Crippen MR) is 53.1 cm³/mol. The largest absolute Gasteiger partial charge is 0.476 e. The highest BCUT2D eigenvalue weighted by molar-refractivity contribution is 6.05. The molecule has 76 valence electrons. The molecule has 2 rings (SSSR count). The van der Waals surface area contributed by atoms with E-state index in [1.54, 1.807) is 6.07 Å². The lowest BCUT2D eigenvalue weighted by molar-refractivity contribution is 0.0693. The molecule has 0 saturated heterocycles. The third-order valence-corrected chi connectivity index (χ3v) is 2.08. The van der Waals surface area contributed by atoms with E-state index in [-0.39, 0.29) is 16.8 Å². The number of pyridine rings is 1. The third kappa shape index (κ3) is 1.48. The number of hydrogen-bond acceptors (Lipinski definition) is 3. The van der Waals surface area contributed by atoms with Crippen molar-refractivity contribution < 1.29 is 14.3 Å². The number of halogens is 1. The van der Waals surface area contributed by atoms with Crippen LogP contribution >= 0.6 is 0 Å². The molecule has 0 aliphatic carbocycles. The Morgan fingerprint density at radius 2 is 2.13 bits per heavy atom. The molecule has 0 amide bonds. The number of rotatable bonds is 1. The molecule has 0 atom stereocenters. The molecule has 0 aliphatic rings. The summed E-state index contributed by atoms with van der Waals surface area (Å²) in [5.41, 5.74) is 5.57. The summed E-state index contributed by atoms with van der Waals surface area (Å²) < 4.78 is 13.0. The summed E-state index contributed by atoms with van der Waals surface area (Å²) in [5, 5.41) is 9.54. The Bertz CT molecular complexity index is 554. The first kappa shape index (κ1) is 9.39. The number of nitrogens with two attached hydrogens (primary N) is 1. The average Bonchev–Trinajstić information content (AvgIpc) is 2.16. The molecule has 0 fully saturated rings. The fraction of sp³-hybridized carbons (Fsp3) is 0. The number of hydrogen-bond donors (Lipinski definition) is 2. The van der Waals surface area contributed by atoms with Crippen LogP contribution in [0.15, 0.2) is 24.4 Å². The second-order valence-corrected chi connectivity index (χ2v) is 3.05. The lowest BCUT2D eigenvalue weighted by atomic mass is 10.1. The first-order valence-corrected chi connectivity index (χ1v) is 4.16. The lowest BCUT2D eigenvalue weighted by Gasteiger charge is -2.04. The zero-order valence-electron chi connectivity index (χ0n) is 7.57. The van der Waals surface area contributed by atoms with Gasteiger partial charge < -0.3 is 10.8 Å². The molecule has 0 radical (unpaired) electrons. The maximum absolute atomic E-state index is 13.0. The van der Waals surface area contributed by atoms with Gasteiger partial charge in [0.1, 0.15) is 5.82 Å². The van der Waals surface area contributed by atoms with Crippen LogP contribution in [0.1, 0.15) is 10.5 Å². The molecule has 0 aliphatic heterocycles. The van der Waals surface area contributed by atoms with Crippen molar-refractivity contribution in [3.8, 4) is 0 Å². The smallest absolute Gasteiger partial charge is 0.355 e. The molecule has 5 heteroatoms. The summed E-state index contributed by atoms with van der Waals surface area (Å²) in [6, 6.07) is 3.81. The highest BCUT2D eigenvalue weighted by Gasteiger charge is 2.12. The minimum atomic E-state index is -1.20. The van der Waals surface area contributed by atoms with Gasteiger partial charge in [0.15, 0.2) is 5.69 Å². The molecule has 3 N–H and O–H groups in total. The van der Waals surface area contributed by atoms with Crippen molar-refractivity contribution in [1.29, 1.82) is 0 Å². The number of carboxylic acids is 1. The van der Waals surface area contributed by atoms with Gasteiger partial charge in [0.25, 0.3) is 0 Å². The number of aromatic carboxylic acids is 1. The topological polar surface area (TPSA) is 76.2 Å². The van der Waals surface area contributed by atoms with Crippen molar-refractivity contribution in [2.45, 2.75) is 0 Å². The molecular weight excluding hydrogens is 199 g/mol. The van der Waals surface area contributed by atoms with E-state index in [2.05, 4.69) is 4.98 Å². The highest BCUT2D eigenvalue weighted by Crippen LogP contribution is 2.24. The van der Waals surface area contributed by atoms with Crippen molar-refractivity contribution in [2.75, 3.05) is 5.73 Å². The van der Waals surface area contributed by atoms with E-state index < -0.39 is 11.8 Å². The van der Waals surface area contributed by atoms with Gasteiger partial charge in [-0.15, -0.1) is 0 Å². The molecule has 0 bridgehead atoms. The van der Waals surface area contributed by atoms with E-state index in [0.717, 1.165) is 12.1 Å². The molecule has 1 aromatic carbocycles. The fourth-order valence-corrected chi connectivity index (χ4v) is 1.45. The van der Waals surface area contributed by atoms with Crippen LogP contribution in [-0.2, 0) is 0 Å². The van der Waals surface area contributed by atoms with Gasteiger partial charge in [-0.2, -0.15) is 0 Å². The first-order valence-electron chi connectivity index (χ1n) is 4.16. The van der Waals surface area contributed by atoms with Crippen LogP contribution in [0.2, 0.25) is 0 Å². The summed E-state index contributed by atoms with van der Waals surface area (Å²) in [6.45, 7) is 0. The first-order chi connectivity index (χ1) is 7.09. The molecule has 0 saturated carbocycles. The van der Waals surface area contributed by atoms with E-state index in [9.17, 15) is 9.18 Å². The van der Waals surface area contributed by atoms with E-state index in [0.29, 0.717) is 5.39 Å². The Morgan fingerprint density at radius 1 is 1.40 bits per heavy atom. The van der Waals surface area contributed by atoms with Crippen molar-refractivity contribution in [3.63, 3.8) is 0 Å². The molecule has 0 spiro atoms. The second kappa shape index (κ2) is 3.20. The van der Waals surface area contributed by atoms with E-state index >= 15 is 0 Å². The zero-order valence-corrected chi connectivity index (χ0v) is 7.57. The molecule has 1 aromatic heterocycles. The van der Waals surface area contributed by atoms with Crippen molar-refractivity contribution in [2.24, 2.45) is 0 Å². The number of carboxylic acid groups (broad SMARTS) is 1. The molecule has 15 heavy (non-hydrogen) atoms. The summed E-state index contributed by atoms with van der Waals surface area (Å²) in [6.07, 6.45) is 1.33. The van der Waals surface area contributed by atoms with Gasteiger partial charge in [0.2, 0.25) is 0 Å². The minimum absolute atomic E-state index is 0.196. The fourth-order valence-electron chi connectivity index (χ4n) is 1.45. The Kier molecular flexibility index (Phi) is 2.00. The normalized spacial score (nSPS) is 10.5. The van der Waals surface area contributed by atoms with Gasteiger partial charge in [0.05, 0.1) is 0 Å². The van der Waals surface area contributed by atoms with Crippen LogP contribution in [0.4, 0.5) is 10.1 Å². The van der Waals surface area contributed by atoms with Gasteiger partial charge in [-0.1, -0.05) is 0 Å². The van der Waals surface area contributed by atoms with E-state index in [4.69, 9.17) is 10.8 Å². The number of aromatic nitrogens is 1. The van der Waals surface area contributed by atoms with Gasteiger partial charge in [-0.3, -0.25) is 0 Å². The van der Waals surface area contributed by atoms with Crippen LogP contribution in [0, 0.1) is 5.82 Å². The summed E-state index contributed by atoms with van der Waals surface area (Å²) in [7, 11) is 0. The number of benzene rings is 1. The van der Waals surface area contributed by atoms with Crippen molar-refractivity contribution in [1.82, 2.24) is 4.98 Å². The highest BCUT2D eigenvalue weighted by atomic mass is 19.1. The van der Waals surface area contributed by atoms with E-state index in [1.165, 1.54) is 6.20 Å². The Labute approximate surface area is 84.2 Å². The second-order valence-electron chi connectivity index (χ2n) is 3.05. The van der Waals surface area contributed by atoms with Crippen LogP contribution < -0.4 is 5.73 Å². The van der Waals surface area contributed by atoms with Crippen LogP contribution in [0.5, 0.6) is 0 Å². The molecule has 4 nitrogen and oxygen atoms in total. The van der Waals surface area contributed by atoms with Crippen LogP contribution in [-0.4, -0.2) is 16.1 Å². The van der Waals surface area contributed by atoms with Crippen molar-refractivity contribution >= 4 is 22.4 Å². The third-order valence-electron chi connectivity index (χ3n) is 2.08. The van der Waals surface area contributed by atoms with Gasteiger partial charge in [-0.25, -0.2) is 14.2 Å². The standard InChI is InChI=1S/C10H7FN2O2/c11-5-3-7-6(8(12)4-5)1-2-13-9(7)10(14)15/h1-4H,12H2,(H,14,15). The summed E-state index contributed by atoms with van der Waals surface area (Å²) in [5.74, 6) is -1.78. The average molecular weight is 206 g/mol. The Hall–Kier alpha value is -2.17. The predicted octanol–water partition coefficient (Wildman–Crippen LogP) is 1.65. The summed E-state index contributed by atoms with van der Waals surface area (Å²) in [4.78, 5) is 14.5. The Balaban J connectivity index is 2.91. The van der Waals surface area contributed by atoms with Crippen LogP contribution in [0.3, 0.4) is 0 Å². The monoisotopic (exact) mass is 206 g/mol. The SMILES string of the molecule is Nc1cc(F)cc2c(C(=O)O)nccc12. The number of nitrogens with zero attached hydrogens (tertiary/aromatic N) is 1. The number of nitrogen functional groups attached to an aromatic ring is 1. The summed E-state index contributed by atoms with van der Waals surface area (Å²) >= 11 is 0. The van der Waals surface area contributed by atoms with Gasteiger partial charge in [-0.05, 0) is 18.2 Å². The molecule has 0 unspecified atom stereocenters.